The van der Waals surface area contributed by atoms with Gasteiger partial charge >= 0.3 is 5.97 Å². The van der Waals surface area contributed by atoms with Crippen LogP contribution in [0.1, 0.15) is 16.8 Å². The maximum atomic E-state index is 11.5. The Kier molecular flexibility index (Phi) is 4.29. The van der Waals surface area contributed by atoms with Gasteiger partial charge in [0.15, 0.2) is 0 Å². The van der Waals surface area contributed by atoms with Crippen molar-refractivity contribution in [2.45, 2.75) is 18.6 Å². The number of nitrogens with two attached hydrogens (primary N) is 1. The fourth-order valence-corrected chi connectivity index (χ4v) is 2.77. The summed E-state index contributed by atoms with van der Waals surface area (Å²) in [5.41, 5.74) is 6.18. The molecule has 1 aromatic carbocycles. The van der Waals surface area contributed by atoms with Gasteiger partial charge in [0.2, 0.25) is 0 Å². The number of rotatable bonds is 4. The molecule has 0 aromatic heterocycles. The molecular weight excluding hydrogens is 328 g/mol. The maximum Gasteiger partial charge on any atom is 0.326 e. The molecule has 0 saturated carbocycles. The van der Waals surface area contributed by atoms with Crippen molar-refractivity contribution >= 4 is 33.5 Å². The molecule has 108 valence electrons. The van der Waals surface area contributed by atoms with Gasteiger partial charge in [-0.05, 0) is 18.2 Å². The molecule has 1 aliphatic rings. The molecule has 7 heteroatoms. The highest BCUT2D eigenvalue weighted by atomic mass is 79.9. The van der Waals surface area contributed by atoms with Gasteiger partial charge in [0.1, 0.15) is 6.04 Å². The van der Waals surface area contributed by atoms with Gasteiger partial charge in [0.25, 0.3) is 5.91 Å². The van der Waals surface area contributed by atoms with Crippen LogP contribution in [0.3, 0.4) is 0 Å². The highest BCUT2D eigenvalue weighted by Crippen LogP contribution is 2.32. The van der Waals surface area contributed by atoms with E-state index < -0.39 is 17.9 Å². The average molecular weight is 343 g/mol. The number of amides is 1. The van der Waals surface area contributed by atoms with E-state index in [9.17, 15) is 14.7 Å². The molecule has 1 aromatic rings. The van der Waals surface area contributed by atoms with Gasteiger partial charge in [-0.1, -0.05) is 15.9 Å². The van der Waals surface area contributed by atoms with E-state index in [0.717, 1.165) is 4.47 Å². The van der Waals surface area contributed by atoms with Crippen molar-refractivity contribution < 1.29 is 19.4 Å². The number of aliphatic carboxylic acids is 1. The Bertz CT molecular complexity index is 549. The molecule has 2 unspecified atom stereocenters. The number of nitrogens with zero attached hydrogens (tertiary/aromatic N) is 1. The van der Waals surface area contributed by atoms with E-state index in [4.69, 9.17) is 10.5 Å². The number of carboxylic acids is 1. The molecule has 0 bridgehead atoms. The predicted octanol–water partition coefficient (Wildman–Crippen LogP) is 1.23. The van der Waals surface area contributed by atoms with E-state index in [-0.39, 0.29) is 6.10 Å². The molecule has 1 amide bonds. The number of ether oxygens (including phenoxy) is 1. The standard InChI is InChI=1S/C13H15BrN2O4/c1-20-8-5-11(13(18)19)16(6-8)10-4-7(14)2-3-9(10)12(15)17/h2-4,8,11H,5-6H2,1H3,(H2,15,17)(H,18,19). The second kappa shape index (κ2) is 5.80. The lowest BCUT2D eigenvalue weighted by molar-refractivity contribution is -0.138. The Morgan fingerprint density at radius 3 is 2.75 bits per heavy atom. The van der Waals surface area contributed by atoms with Crippen LogP contribution in [-0.4, -0.2) is 42.8 Å². The highest BCUT2D eigenvalue weighted by Gasteiger charge is 2.38. The molecule has 1 saturated heterocycles. The summed E-state index contributed by atoms with van der Waals surface area (Å²) in [5.74, 6) is -1.53. The number of benzene rings is 1. The van der Waals surface area contributed by atoms with E-state index in [1.54, 1.807) is 30.2 Å². The van der Waals surface area contributed by atoms with Crippen molar-refractivity contribution in [1.82, 2.24) is 0 Å². The number of carbonyl (C=O) groups excluding carboxylic acids is 1. The molecule has 3 N–H and O–H groups in total. The second-order valence-electron chi connectivity index (χ2n) is 4.63. The molecule has 2 rings (SSSR count). The summed E-state index contributed by atoms with van der Waals surface area (Å²) in [5, 5.41) is 9.33. The number of hydrogen-bond acceptors (Lipinski definition) is 4. The highest BCUT2D eigenvalue weighted by molar-refractivity contribution is 9.10. The third-order valence-electron chi connectivity index (χ3n) is 3.42. The zero-order valence-corrected chi connectivity index (χ0v) is 12.5. The summed E-state index contributed by atoms with van der Waals surface area (Å²) in [6.07, 6.45) is 0.187. The monoisotopic (exact) mass is 342 g/mol. The average Bonchev–Trinajstić information content (AvgIpc) is 2.82. The number of halogens is 1. The van der Waals surface area contributed by atoms with E-state index in [1.165, 1.54) is 0 Å². The first-order valence-corrected chi connectivity index (χ1v) is 6.85. The Morgan fingerprint density at radius 1 is 1.50 bits per heavy atom. The van der Waals surface area contributed by atoms with Gasteiger partial charge in [-0.15, -0.1) is 0 Å². The summed E-state index contributed by atoms with van der Waals surface area (Å²) < 4.78 is 5.99. The van der Waals surface area contributed by atoms with E-state index in [2.05, 4.69) is 15.9 Å². The van der Waals surface area contributed by atoms with Crippen molar-refractivity contribution in [3.8, 4) is 0 Å². The van der Waals surface area contributed by atoms with Gasteiger partial charge in [0, 0.05) is 24.5 Å². The largest absolute Gasteiger partial charge is 0.480 e. The molecule has 1 aliphatic heterocycles. The number of carbonyl (C=O) groups is 2. The Labute approximate surface area is 124 Å². The van der Waals surface area contributed by atoms with E-state index in [1.807, 2.05) is 0 Å². The molecule has 6 nitrogen and oxygen atoms in total. The van der Waals surface area contributed by atoms with Gasteiger partial charge in [-0.3, -0.25) is 4.79 Å². The van der Waals surface area contributed by atoms with Gasteiger partial charge in [-0.25, -0.2) is 4.79 Å². The molecule has 0 spiro atoms. The third kappa shape index (κ3) is 2.78. The quantitative estimate of drug-likeness (QED) is 0.858. The first-order chi connectivity index (χ1) is 9.43. The Morgan fingerprint density at radius 2 is 2.20 bits per heavy atom. The fourth-order valence-electron chi connectivity index (χ4n) is 2.42. The molecule has 1 fully saturated rings. The van der Waals surface area contributed by atoms with Crippen LogP contribution in [0.15, 0.2) is 22.7 Å². The second-order valence-corrected chi connectivity index (χ2v) is 5.54. The fraction of sp³-hybridized carbons (Fsp3) is 0.385. The SMILES string of the molecule is COC1CC(C(=O)O)N(c2cc(Br)ccc2C(N)=O)C1. The van der Waals surface area contributed by atoms with Crippen LogP contribution in [0.2, 0.25) is 0 Å². The van der Waals surface area contributed by atoms with Crippen molar-refractivity contribution in [3.63, 3.8) is 0 Å². The van der Waals surface area contributed by atoms with Crippen LogP contribution >= 0.6 is 15.9 Å². The van der Waals surface area contributed by atoms with Crippen molar-refractivity contribution in [2.75, 3.05) is 18.6 Å². The van der Waals surface area contributed by atoms with Crippen LogP contribution in [0, 0.1) is 0 Å². The first-order valence-electron chi connectivity index (χ1n) is 6.05. The summed E-state index contributed by atoms with van der Waals surface area (Å²) in [7, 11) is 1.54. The van der Waals surface area contributed by atoms with Crippen molar-refractivity contribution in [2.24, 2.45) is 5.73 Å². The van der Waals surface area contributed by atoms with Crippen LogP contribution in [0.5, 0.6) is 0 Å². The summed E-state index contributed by atoms with van der Waals surface area (Å²) >= 11 is 3.32. The van der Waals surface area contributed by atoms with Gasteiger partial charge in [0.05, 0.1) is 17.4 Å². The van der Waals surface area contributed by atoms with Crippen molar-refractivity contribution in [3.05, 3.63) is 28.2 Å². The third-order valence-corrected chi connectivity index (χ3v) is 3.91. The molecule has 20 heavy (non-hydrogen) atoms. The predicted molar refractivity (Wildman–Crippen MR) is 76.8 cm³/mol. The minimum Gasteiger partial charge on any atom is -0.480 e. The van der Waals surface area contributed by atoms with Crippen LogP contribution < -0.4 is 10.6 Å². The van der Waals surface area contributed by atoms with E-state index in [0.29, 0.717) is 24.2 Å². The van der Waals surface area contributed by atoms with Gasteiger partial charge < -0.3 is 20.5 Å². The number of anilines is 1. The summed E-state index contributed by atoms with van der Waals surface area (Å²) in [6, 6.07) is 4.25. The molecule has 2 atom stereocenters. The maximum absolute atomic E-state index is 11.5. The van der Waals surface area contributed by atoms with E-state index >= 15 is 0 Å². The Balaban J connectivity index is 2.45. The normalized spacial score (nSPS) is 22.0. The molecular formula is C13H15BrN2O4. The van der Waals surface area contributed by atoms with Gasteiger partial charge in [-0.2, -0.15) is 0 Å². The molecule has 1 heterocycles. The zero-order chi connectivity index (χ0) is 14.9. The van der Waals surface area contributed by atoms with Crippen LogP contribution in [0.25, 0.3) is 0 Å². The summed E-state index contributed by atoms with van der Waals surface area (Å²) in [4.78, 5) is 24.6. The topological polar surface area (TPSA) is 92.9 Å². The number of methoxy groups -OCH3 is 1. The number of hydrogen-bond donors (Lipinski definition) is 2. The minimum atomic E-state index is -0.944. The molecule has 0 aliphatic carbocycles. The van der Waals surface area contributed by atoms with Crippen LogP contribution in [-0.2, 0) is 9.53 Å². The summed E-state index contributed by atoms with van der Waals surface area (Å²) in [6.45, 7) is 0.407. The van der Waals surface area contributed by atoms with Crippen LogP contribution in [0.4, 0.5) is 5.69 Å². The smallest absolute Gasteiger partial charge is 0.326 e. The zero-order valence-electron chi connectivity index (χ0n) is 10.9. The number of carboxylic acid groups (broad SMARTS) is 1. The minimum absolute atomic E-state index is 0.184. The Hall–Kier alpha value is -1.60. The first kappa shape index (κ1) is 14.8. The molecule has 0 radical (unpaired) electrons. The lowest BCUT2D eigenvalue weighted by atomic mass is 10.1. The number of primary amides is 1. The lowest BCUT2D eigenvalue weighted by Gasteiger charge is -2.25. The van der Waals surface area contributed by atoms with Crippen molar-refractivity contribution in [1.29, 1.82) is 0 Å². The lowest BCUT2D eigenvalue weighted by Crippen LogP contribution is -2.37.